The minimum absolute atomic E-state index is 0. The van der Waals surface area contributed by atoms with Gasteiger partial charge in [0.1, 0.15) is 0 Å². The van der Waals surface area contributed by atoms with Crippen LogP contribution in [-0.2, 0) is 0 Å². The SMILES string of the molecule is C.CCCC.CCCCC.CCCO. The molecule has 0 aromatic carbocycles. The van der Waals surface area contributed by atoms with Gasteiger partial charge in [0.05, 0.1) is 0 Å². The molecule has 0 aliphatic carbocycles. The maximum absolute atomic E-state index is 7.88. The van der Waals surface area contributed by atoms with Gasteiger partial charge in [-0.15, -0.1) is 0 Å². The van der Waals surface area contributed by atoms with E-state index in [0.717, 1.165) is 6.42 Å². The highest BCUT2D eigenvalue weighted by atomic mass is 16.2. The fraction of sp³-hybridized carbons (Fsp3) is 1.00. The van der Waals surface area contributed by atoms with Crippen molar-refractivity contribution in [2.24, 2.45) is 0 Å². The first-order valence-electron chi connectivity index (χ1n) is 5.85. The molecule has 0 saturated carbocycles. The molecule has 14 heavy (non-hydrogen) atoms. The van der Waals surface area contributed by atoms with Gasteiger partial charge in [-0.3, -0.25) is 0 Å². The molecule has 0 aliphatic rings. The average molecular weight is 206 g/mol. The molecule has 0 unspecified atom stereocenters. The molecule has 1 heteroatoms. The number of aliphatic hydroxyl groups excluding tert-OH is 1. The lowest BCUT2D eigenvalue weighted by molar-refractivity contribution is 0.295. The molecule has 92 valence electrons. The maximum atomic E-state index is 7.88. The highest BCUT2D eigenvalue weighted by Gasteiger charge is 1.68. The van der Waals surface area contributed by atoms with Crippen LogP contribution in [0.2, 0.25) is 0 Å². The van der Waals surface area contributed by atoms with Gasteiger partial charge in [0, 0.05) is 6.61 Å². The summed E-state index contributed by atoms with van der Waals surface area (Å²) < 4.78 is 0. The monoisotopic (exact) mass is 206 g/mol. The maximum Gasteiger partial charge on any atom is 0.0428 e. The summed E-state index contributed by atoms with van der Waals surface area (Å²) >= 11 is 0. The molecule has 0 bridgehead atoms. The molecule has 0 atom stereocenters. The molecule has 0 aliphatic heterocycles. The molecule has 0 amide bonds. The number of unbranched alkanes of at least 4 members (excludes halogenated alkanes) is 3. The van der Waals surface area contributed by atoms with Crippen molar-refractivity contribution in [1.29, 1.82) is 0 Å². The fourth-order valence-corrected chi connectivity index (χ4v) is 0.354. The fourth-order valence-electron chi connectivity index (χ4n) is 0.354. The van der Waals surface area contributed by atoms with Crippen molar-refractivity contribution in [1.82, 2.24) is 0 Å². The van der Waals surface area contributed by atoms with Gasteiger partial charge >= 0.3 is 0 Å². The number of hydrogen-bond acceptors (Lipinski definition) is 1. The van der Waals surface area contributed by atoms with E-state index in [1.165, 1.54) is 32.1 Å². The van der Waals surface area contributed by atoms with Crippen LogP contribution in [0.15, 0.2) is 0 Å². The summed E-state index contributed by atoms with van der Waals surface area (Å²) in [5.41, 5.74) is 0. The Kier molecular flexibility index (Phi) is 64.6. The summed E-state index contributed by atoms with van der Waals surface area (Å²) in [6.07, 6.45) is 7.59. The van der Waals surface area contributed by atoms with Crippen LogP contribution in [0, 0.1) is 0 Å². The van der Waals surface area contributed by atoms with Crippen LogP contribution in [0.3, 0.4) is 0 Å². The topological polar surface area (TPSA) is 20.2 Å². The Labute approximate surface area is 92.9 Å². The van der Waals surface area contributed by atoms with Crippen molar-refractivity contribution in [3.63, 3.8) is 0 Å². The first kappa shape index (κ1) is 23.6. The molecule has 0 radical (unpaired) electrons. The molecule has 1 nitrogen and oxygen atoms in total. The first-order valence-corrected chi connectivity index (χ1v) is 5.85. The minimum Gasteiger partial charge on any atom is -0.396 e. The largest absolute Gasteiger partial charge is 0.396 e. The number of hydrogen-bond donors (Lipinski definition) is 1. The summed E-state index contributed by atoms with van der Waals surface area (Å²) in [7, 11) is 0. The standard InChI is InChI=1S/C5H12.C4H10.C3H8O.CH4/c1-3-5-4-2;1-3-4-2;1-2-3-4;/h3-5H2,1-2H3;3-4H2,1-2H3;4H,2-3H2,1H3;1H4. The van der Waals surface area contributed by atoms with Crippen LogP contribution in [-0.4, -0.2) is 11.7 Å². The van der Waals surface area contributed by atoms with Crippen molar-refractivity contribution in [3.8, 4) is 0 Å². The quantitative estimate of drug-likeness (QED) is 0.684. The Morgan fingerprint density at radius 2 is 0.929 bits per heavy atom. The van der Waals surface area contributed by atoms with Crippen molar-refractivity contribution < 1.29 is 5.11 Å². The lowest BCUT2D eigenvalue weighted by atomic mass is 10.3. The summed E-state index contributed by atoms with van der Waals surface area (Å²) in [4.78, 5) is 0. The Bertz CT molecular complexity index is 34.5. The van der Waals surface area contributed by atoms with Gasteiger partial charge in [0.2, 0.25) is 0 Å². The molecule has 0 spiro atoms. The van der Waals surface area contributed by atoms with Crippen LogP contribution in [0.1, 0.15) is 80.6 Å². The molecular weight excluding hydrogens is 172 g/mol. The second-order valence-electron chi connectivity index (χ2n) is 3.08. The average Bonchev–Trinajstić information content (AvgIpc) is 2.20. The van der Waals surface area contributed by atoms with E-state index >= 15 is 0 Å². The molecule has 0 heterocycles. The van der Waals surface area contributed by atoms with Crippen LogP contribution < -0.4 is 0 Å². The molecule has 0 rings (SSSR count). The van der Waals surface area contributed by atoms with Crippen LogP contribution >= 0.6 is 0 Å². The lowest BCUT2D eigenvalue weighted by Crippen LogP contribution is -1.69. The normalized spacial score (nSPS) is 7.29. The molecule has 0 aromatic rings. The van der Waals surface area contributed by atoms with E-state index in [9.17, 15) is 0 Å². The van der Waals surface area contributed by atoms with E-state index in [1.807, 2.05) is 6.92 Å². The number of rotatable bonds is 4. The summed E-state index contributed by atoms with van der Waals surface area (Å²) in [6.45, 7) is 11.0. The third kappa shape index (κ3) is 91.6. The van der Waals surface area contributed by atoms with E-state index in [1.54, 1.807) is 0 Å². The zero-order valence-corrected chi connectivity index (χ0v) is 10.4. The highest BCUT2D eigenvalue weighted by molar-refractivity contribution is 4.24. The molecular formula is C13H34O. The van der Waals surface area contributed by atoms with E-state index in [2.05, 4.69) is 27.7 Å². The van der Waals surface area contributed by atoms with Gasteiger partial charge in [-0.1, -0.05) is 74.1 Å². The van der Waals surface area contributed by atoms with Crippen LogP contribution in [0.4, 0.5) is 0 Å². The second kappa shape index (κ2) is 38.3. The molecule has 0 saturated heterocycles. The van der Waals surface area contributed by atoms with Crippen molar-refractivity contribution in [2.45, 2.75) is 80.6 Å². The van der Waals surface area contributed by atoms with E-state index in [4.69, 9.17) is 5.11 Å². The zero-order chi connectivity index (χ0) is 10.9. The zero-order valence-electron chi connectivity index (χ0n) is 10.4. The summed E-state index contributed by atoms with van der Waals surface area (Å²) in [6, 6.07) is 0. The van der Waals surface area contributed by atoms with Gasteiger partial charge in [-0.05, 0) is 6.42 Å². The first-order chi connectivity index (χ1) is 6.24. The lowest BCUT2D eigenvalue weighted by Gasteiger charge is -1.79. The Morgan fingerprint density at radius 3 is 0.929 bits per heavy atom. The van der Waals surface area contributed by atoms with Gasteiger partial charge < -0.3 is 5.11 Å². The highest BCUT2D eigenvalue weighted by Crippen LogP contribution is 1.88. The van der Waals surface area contributed by atoms with Crippen molar-refractivity contribution in [2.75, 3.05) is 6.61 Å². The van der Waals surface area contributed by atoms with E-state index in [-0.39, 0.29) is 7.43 Å². The predicted molar refractivity (Wildman–Crippen MR) is 69.9 cm³/mol. The van der Waals surface area contributed by atoms with E-state index < -0.39 is 0 Å². The van der Waals surface area contributed by atoms with Crippen LogP contribution in [0.5, 0.6) is 0 Å². The van der Waals surface area contributed by atoms with Gasteiger partial charge in [0.15, 0.2) is 0 Å². The molecule has 0 aromatic heterocycles. The molecule has 0 fully saturated rings. The Hall–Kier alpha value is -0.0400. The third-order valence-electron chi connectivity index (χ3n) is 1.43. The van der Waals surface area contributed by atoms with Gasteiger partial charge in [-0.25, -0.2) is 0 Å². The molecule has 1 N–H and O–H groups in total. The van der Waals surface area contributed by atoms with Gasteiger partial charge in [-0.2, -0.15) is 0 Å². The van der Waals surface area contributed by atoms with E-state index in [0.29, 0.717) is 6.61 Å². The Morgan fingerprint density at radius 1 is 0.643 bits per heavy atom. The van der Waals surface area contributed by atoms with Crippen LogP contribution in [0.25, 0.3) is 0 Å². The second-order valence-corrected chi connectivity index (χ2v) is 3.08. The minimum atomic E-state index is 0. The van der Waals surface area contributed by atoms with Crippen molar-refractivity contribution in [3.05, 3.63) is 0 Å². The Balaban J connectivity index is -0.0000000522. The van der Waals surface area contributed by atoms with Crippen molar-refractivity contribution >= 4 is 0 Å². The number of aliphatic hydroxyl groups is 1. The van der Waals surface area contributed by atoms with Gasteiger partial charge in [0.25, 0.3) is 0 Å². The predicted octanol–water partition coefficient (Wildman–Crippen LogP) is 5.03. The summed E-state index contributed by atoms with van der Waals surface area (Å²) in [5, 5.41) is 7.88. The smallest absolute Gasteiger partial charge is 0.0428 e. The summed E-state index contributed by atoms with van der Waals surface area (Å²) in [5.74, 6) is 0. The third-order valence-corrected chi connectivity index (χ3v) is 1.43.